The summed E-state index contributed by atoms with van der Waals surface area (Å²) >= 11 is 0. The number of amides is 2. The van der Waals surface area contributed by atoms with E-state index in [1.807, 2.05) is 20.8 Å². The Hall–Kier alpha value is -2.26. The molecule has 0 radical (unpaired) electrons. The Balaban J connectivity index is 0.0000101. The number of nitrogens with zero attached hydrogens (tertiary/aromatic N) is 2. The quantitative estimate of drug-likeness (QED) is 0.109. The van der Waals surface area contributed by atoms with E-state index in [0.29, 0.717) is 37.4 Å². The lowest BCUT2D eigenvalue weighted by molar-refractivity contribution is -1.07. The molecule has 0 aromatic rings. The van der Waals surface area contributed by atoms with Gasteiger partial charge in [0.25, 0.3) is 0 Å². The van der Waals surface area contributed by atoms with Crippen LogP contribution in [0.1, 0.15) is 137 Å². The second-order valence-electron chi connectivity index (χ2n) is 12.8. The van der Waals surface area contributed by atoms with Crippen LogP contribution >= 0.6 is 0 Å². The molecule has 2 aliphatic rings. The van der Waals surface area contributed by atoms with E-state index in [4.69, 9.17) is 15.3 Å². The maximum atomic E-state index is 13.0. The molecule has 2 amide bonds. The van der Waals surface area contributed by atoms with Gasteiger partial charge in [0.15, 0.2) is 11.7 Å². The van der Waals surface area contributed by atoms with Gasteiger partial charge in [-0.05, 0) is 20.3 Å². The molecule has 1 fully saturated rings. The van der Waals surface area contributed by atoms with Gasteiger partial charge < -0.3 is 33.1 Å². The van der Waals surface area contributed by atoms with Gasteiger partial charge in [0.1, 0.15) is 6.54 Å². The third kappa shape index (κ3) is 11.8. The molecule has 0 spiro atoms. The number of esters is 1. The molecule has 9 nitrogen and oxygen atoms in total. The zero-order valence-corrected chi connectivity index (χ0v) is 29.9. The maximum absolute atomic E-state index is 13.0. The van der Waals surface area contributed by atoms with Gasteiger partial charge in [-0.15, -0.1) is 0 Å². The second kappa shape index (κ2) is 21.5. The lowest BCUT2D eigenvalue weighted by Gasteiger charge is -2.47. The van der Waals surface area contributed by atoms with Crippen molar-refractivity contribution < 1.29 is 41.0 Å². The average molecular weight is 655 g/mol. The number of rotatable bonds is 21. The molecular weight excluding hydrogens is 592 g/mol. The first-order valence-electron chi connectivity index (χ1n) is 17.5. The van der Waals surface area contributed by atoms with Crippen LogP contribution in [0.2, 0.25) is 0 Å². The topological polar surface area (TPSA) is 111 Å². The molecular formula is C35H63ClN4O5. The van der Waals surface area contributed by atoms with Crippen molar-refractivity contribution in [3.63, 3.8) is 0 Å². The van der Waals surface area contributed by atoms with E-state index in [1.54, 1.807) is 4.90 Å². The molecule has 1 saturated heterocycles. The minimum Gasteiger partial charge on any atom is -1.00 e. The number of ether oxygens (including phenoxy) is 1. The fourth-order valence-electron chi connectivity index (χ4n) is 6.78. The Morgan fingerprint density at radius 2 is 1.33 bits per heavy atom. The zero-order chi connectivity index (χ0) is 32.5. The van der Waals surface area contributed by atoms with Gasteiger partial charge in [-0.3, -0.25) is 4.79 Å². The van der Waals surface area contributed by atoms with E-state index in [2.05, 4.69) is 12.2 Å². The zero-order valence-electron chi connectivity index (χ0n) is 29.2. The van der Waals surface area contributed by atoms with Crippen LogP contribution in [0.25, 0.3) is 0 Å². The average Bonchev–Trinajstić information content (AvgIpc) is 2.98. The Bertz CT molecular complexity index is 995. The van der Waals surface area contributed by atoms with Crippen molar-refractivity contribution in [2.75, 3.05) is 33.3 Å². The van der Waals surface area contributed by atoms with Crippen molar-refractivity contribution in [1.82, 2.24) is 10.2 Å². The molecule has 2 aliphatic heterocycles. The number of hydrogen-bond acceptors (Lipinski definition) is 6. The van der Waals surface area contributed by atoms with Crippen molar-refractivity contribution in [2.45, 2.75) is 143 Å². The van der Waals surface area contributed by atoms with E-state index >= 15 is 0 Å². The molecule has 45 heavy (non-hydrogen) atoms. The van der Waals surface area contributed by atoms with Crippen LogP contribution in [-0.2, 0) is 19.2 Å². The lowest BCUT2D eigenvalue weighted by Crippen LogP contribution is -3.00. The van der Waals surface area contributed by atoms with Crippen LogP contribution in [0, 0.1) is 5.92 Å². The molecule has 0 aromatic carbocycles. The molecule has 0 bridgehead atoms. The molecule has 2 atom stereocenters. The molecule has 3 N–H and O–H groups in total. The minimum absolute atomic E-state index is 0. The number of carbonyl (C=O) groups is 3. The summed E-state index contributed by atoms with van der Waals surface area (Å²) in [6.07, 6.45) is 20.4. The SMILES string of the molecule is CCCCCCCCCCCCCCCCCCNC(=O)O[N+]1(CC)C(C)=C(C2CN(C(C)=O)C2)C(C(=O)OC)=C(N)C1C.[Cl-]. The number of quaternary nitrogens is 1. The highest BCUT2D eigenvalue weighted by atomic mass is 35.5. The first kappa shape index (κ1) is 40.8. The van der Waals surface area contributed by atoms with E-state index in [0.717, 1.165) is 24.1 Å². The number of allylic oxidation sites excluding steroid dienone is 1. The summed E-state index contributed by atoms with van der Waals surface area (Å²) in [5, 5.41) is 2.93. The highest BCUT2D eigenvalue weighted by Crippen LogP contribution is 2.43. The molecule has 10 heteroatoms. The van der Waals surface area contributed by atoms with E-state index in [1.165, 1.54) is 104 Å². The lowest BCUT2D eigenvalue weighted by atomic mass is 9.80. The van der Waals surface area contributed by atoms with E-state index in [-0.39, 0.29) is 28.9 Å². The highest BCUT2D eigenvalue weighted by molar-refractivity contribution is 5.95. The Kier molecular flexibility index (Phi) is 19.5. The van der Waals surface area contributed by atoms with Crippen molar-refractivity contribution in [2.24, 2.45) is 11.7 Å². The molecule has 2 heterocycles. The number of nitrogens with two attached hydrogens (primary N) is 1. The van der Waals surface area contributed by atoms with Crippen LogP contribution < -0.4 is 23.5 Å². The summed E-state index contributed by atoms with van der Waals surface area (Å²) in [6.45, 7) is 11.5. The smallest absolute Gasteiger partial charge is 0.462 e. The predicted molar refractivity (Wildman–Crippen MR) is 176 cm³/mol. The fourth-order valence-corrected chi connectivity index (χ4v) is 6.78. The molecule has 0 aliphatic carbocycles. The van der Waals surface area contributed by atoms with Crippen LogP contribution in [0.5, 0.6) is 0 Å². The number of methoxy groups -OCH3 is 1. The van der Waals surface area contributed by atoms with Gasteiger partial charge in [-0.1, -0.05) is 108 Å². The van der Waals surface area contributed by atoms with E-state index < -0.39 is 18.1 Å². The predicted octanol–water partition coefficient (Wildman–Crippen LogP) is 4.27. The molecule has 0 aromatic heterocycles. The van der Waals surface area contributed by atoms with Gasteiger partial charge in [-0.25, -0.2) is 14.4 Å². The molecule has 2 rings (SSSR count). The number of carbonyl (C=O) groups excluding carboxylic acids is 3. The van der Waals surface area contributed by atoms with Gasteiger partial charge in [-0.2, -0.15) is 0 Å². The maximum Gasteiger partial charge on any atom is 0.462 e. The van der Waals surface area contributed by atoms with Gasteiger partial charge in [0.2, 0.25) is 5.91 Å². The van der Waals surface area contributed by atoms with Crippen LogP contribution in [0.15, 0.2) is 22.5 Å². The number of halogens is 1. The van der Waals surface area contributed by atoms with Gasteiger partial charge >= 0.3 is 12.1 Å². The minimum atomic E-state index is -0.508. The summed E-state index contributed by atoms with van der Waals surface area (Å²) < 4.78 is 4.97. The number of likely N-dealkylation sites (N-methyl/N-ethyl adjacent to an activating group) is 1. The normalized spacial score (nSPS) is 20.0. The van der Waals surface area contributed by atoms with Gasteiger partial charge in [0, 0.05) is 45.0 Å². The highest BCUT2D eigenvalue weighted by Gasteiger charge is 2.52. The molecule has 2 unspecified atom stereocenters. The Morgan fingerprint density at radius 3 is 1.76 bits per heavy atom. The number of likely N-dealkylation sites (tertiary alicyclic amines) is 1. The summed E-state index contributed by atoms with van der Waals surface area (Å²) in [7, 11) is 1.34. The third-order valence-electron chi connectivity index (χ3n) is 9.73. The standard InChI is InChI=1S/C35H62N4O5.ClH/c1-7-9-10-11-12-13-14-15-16-17-18-19-20-21-22-23-24-37-35(42)44-39(8-2)27(3)31(30-25-38(26-30)29(5)40)32(34(41)43-6)33(36)28(39)4;/h28,30H,7-26H2,1-6H3,(H2-,36,37,41,42);1H. The summed E-state index contributed by atoms with van der Waals surface area (Å²) in [5.74, 6) is -0.604. The van der Waals surface area contributed by atoms with E-state index in [9.17, 15) is 14.4 Å². The number of unbranched alkanes of at least 4 members (excludes halogenated alkanes) is 15. The largest absolute Gasteiger partial charge is 1.00 e. The van der Waals surface area contributed by atoms with Crippen LogP contribution in [0.4, 0.5) is 4.79 Å². The Labute approximate surface area is 279 Å². The summed E-state index contributed by atoms with van der Waals surface area (Å²) in [5.41, 5.74) is 8.72. The van der Waals surface area contributed by atoms with Crippen molar-refractivity contribution >= 4 is 18.0 Å². The first-order valence-corrected chi connectivity index (χ1v) is 17.5. The molecule has 260 valence electrons. The summed E-state index contributed by atoms with van der Waals surface area (Å²) in [4.78, 5) is 45.6. The van der Waals surface area contributed by atoms with Crippen molar-refractivity contribution in [1.29, 1.82) is 0 Å². The number of hydroxylamine groups is 3. The van der Waals surface area contributed by atoms with Crippen LogP contribution in [-0.4, -0.2) is 66.8 Å². The monoisotopic (exact) mass is 654 g/mol. The third-order valence-corrected chi connectivity index (χ3v) is 9.73. The Morgan fingerprint density at radius 1 is 0.867 bits per heavy atom. The van der Waals surface area contributed by atoms with Crippen molar-refractivity contribution in [3.8, 4) is 0 Å². The van der Waals surface area contributed by atoms with Gasteiger partial charge in [0.05, 0.1) is 18.4 Å². The number of hydrogen-bond donors (Lipinski definition) is 2. The van der Waals surface area contributed by atoms with Crippen molar-refractivity contribution in [3.05, 3.63) is 22.5 Å². The first-order chi connectivity index (χ1) is 21.1. The second-order valence-corrected chi connectivity index (χ2v) is 12.8. The van der Waals surface area contributed by atoms with Crippen LogP contribution in [0.3, 0.4) is 0 Å². The molecule has 0 saturated carbocycles. The fraction of sp³-hybridized carbons (Fsp3) is 0.800. The number of nitrogens with one attached hydrogen (secondary N) is 1. The summed E-state index contributed by atoms with van der Waals surface area (Å²) in [6, 6.07) is -0.469.